The molecule has 148 valence electrons. The van der Waals surface area contributed by atoms with Crippen molar-refractivity contribution in [3.05, 3.63) is 24.3 Å². The van der Waals surface area contributed by atoms with Gasteiger partial charge < -0.3 is 15.2 Å². The number of ether oxygens (including phenoxy) is 1. The number of carboxylic acids is 1. The van der Waals surface area contributed by atoms with Crippen LogP contribution in [0.15, 0.2) is 29.2 Å². The van der Waals surface area contributed by atoms with Crippen LogP contribution in [0.3, 0.4) is 0 Å². The quantitative estimate of drug-likeness (QED) is 0.781. The molecule has 1 amide bonds. The number of sulfonamides is 1. The fourth-order valence-corrected chi connectivity index (χ4v) is 5.03. The second-order valence-electron chi connectivity index (χ2n) is 6.87. The molecule has 0 spiro atoms. The van der Waals surface area contributed by atoms with Crippen molar-refractivity contribution >= 4 is 27.6 Å². The molecule has 1 heterocycles. The molecule has 1 aromatic rings. The number of nitrogens with one attached hydrogen (secondary N) is 1. The van der Waals surface area contributed by atoms with Gasteiger partial charge in [0.25, 0.3) is 0 Å². The van der Waals surface area contributed by atoms with E-state index in [1.165, 1.54) is 28.6 Å². The first-order valence-corrected chi connectivity index (χ1v) is 10.6. The van der Waals surface area contributed by atoms with E-state index in [0.717, 1.165) is 12.8 Å². The number of carboxylic acid groups (broad SMARTS) is 1. The van der Waals surface area contributed by atoms with Crippen LogP contribution < -0.4 is 5.32 Å². The van der Waals surface area contributed by atoms with Gasteiger partial charge in [-0.05, 0) is 37.1 Å². The van der Waals surface area contributed by atoms with E-state index >= 15 is 0 Å². The summed E-state index contributed by atoms with van der Waals surface area (Å²) in [4.78, 5) is 24.0. The molecule has 1 aliphatic heterocycles. The van der Waals surface area contributed by atoms with E-state index in [1.807, 2.05) is 0 Å². The van der Waals surface area contributed by atoms with Crippen LogP contribution in [0, 0.1) is 11.8 Å². The predicted molar refractivity (Wildman–Crippen MR) is 97.7 cm³/mol. The van der Waals surface area contributed by atoms with Crippen molar-refractivity contribution in [2.75, 3.05) is 31.6 Å². The van der Waals surface area contributed by atoms with Crippen LogP contribution in [0.2, 0.25) is 0 Å². The average molecular weight is 396 g/mol. The van der Waals surface area contributed by atoms with E-state index in [4.69, 9.17) is 4.74 Å². The number of carbonyl (C=O) groups excluding carboxylic acids is 1. The number of rotatable bonds is 5. The van der Waals surface area contributed by atoms with Gasteiger partial charge in [-0.2, -0.15) is 4.31 Å². The van der Waals surface area contributed by atoms with Crippen molar-refractivity contribution in [3.8, 4) is 0 Å². The van der Waals surface area contributed by atoms with Gasteiger partial charge in [0, 0.05) is 18.8 Å². The Morgan fingerprint density at radius 2 is 1.63 bits per heavy atom. The smallest absolute Gasteiger partial charge is 0.307 e. The van der Waals surface area contributed by atoms with Crippen LogP contribution in [0.1, 0.15) is 25.7 Å². The standard InChI is InChI=1S/C18H24N2O6S/c21-17(15-3-1-2-4-16(15)18(22)23)19-13-5-7-14(8-6-13)27(24,25)20-9-11-26-12-10-20/h5-8,15-16H,1-4,9-12H2,(H,19,21)(H,22,23)/t15-,16-/m1/s1. The number of benzene rings is 1. The van der Waals surface area contributed by atoms with E-state index in [2.05, 4.69) is 5.32 Å². The van der Waals surface area contributed by atoms with E-state index in [1.54, 1.807) is 0 Å². The molecular weight excluding hydrogens is 372 g/mol. The number of hydrogen-bond acceptors (Lipinski definition) is 5. The van der Waals surface area contributed by atoms with Gasteiger partial charge in [0.05, 0.1) is 29.9 Å². The van der Waals surface area contributed by atoms with Crippen molar-refractivity contribution in [1.82, 2.24) is 4.31 Å². The van der Waals surface area contributed by atoms with Gasteiger partial charge in [-0.15, -0.1) is 0 Å². The normalized spacial score (nSPS) is 24.3. The Morgan fingerprint density at radius 3 is 2.22 bits per heavy atom. The van der Waals surface area contributed by atoms with Gasteiger partial charge in [-0.1, -0.05) is 12.8 Å². The van der Waals surface area contributed by atoms with Gasteiger partial charge >= 0.3 is 5.97 Å². The largest absolute Gasteiger partial charge is 0.481 e. The molecule has 0 radical (unpaired) electrons. The highest BCUT2D eigenvalue weighted by Crippen LogP contribution is 2.31. The third kappa shape index (κ3) is 4.48. The molecule has 2 aliphatic rings. The summed E-state index contributed by atoms with van der Waals surface area (Å²) in [5, 5.41) is 12.0. The Kier molecular flexibility index (Phi) is 6.13. The third-order valence-electron chi connectivity index (χ3n) is 5.15. The maximum Gasteiger partial charge on any atom is 0.307 e. The summed E-state index contributed by atoms with van der Waals surface area (Å²) < 4.78 is 31.8. The summed E-state index contributed by atoms with van der Waals surface area (Å²) in [6.45, 7) is 1.39. The van der Waals surface area contributed by atoms with Crippen LogP contribution in [0.5, 0.6) is 0 Å². The topological polar surface area (TPSA) is 113 Å². The van der Waals surface area contributed by atoms with Gasteiger partial charge in [-0.3, -0.25) is 9.59 Å². The molecule has 27 heavy (non-hydrogen) atoms. The molecule has 2 atom stereocenters. The van der Waals surface area contributed by atoms with Crippen molar-refractivity contribution in [2.45, 2.75) is 30.6 Å². The Labute approximate surface area is 158 Å². The van der Waals surface area contributed by atoms with Crippen LogP contribution in [-0.2, 0) is 24.3 Å². The van der Waals surface area contributed by atoms with Crippen molar-refractivity contribution in [2.24, 2.45) is 11.8 Å². The summed E-state index contributed by atoms with van der Waals surface area (Å²) in [7, 11) is -3.58. The first kappa shape index (κ1) is 19.8. The van der Waals surface area contributed by atoms with Crippen LogP contribution >= 0.6 is 0 Å². The van der Waals surface area contributed by atoms with Gasteiger partial charge in [-0.25, -0.2) is 8.42 Å². The van der Waals surface area contributed by atoms with Crippen LogP contribution in [0.25, 0.3) is 0 Å². The van der Waals surface area contributed by atoms with Crippen LogP contribution in [0.4, 0.5) is 5.69 Å². The van der Waals surface area contributed by atoms with Gasteiger partial charge in [0.2, 0.25) is 15.9 Å². The Bertz CT molecular complexity index is 787. The zero-order valence-corrected chi connectivity index (χ0v) is 15.8. The summed E-state index contributed by atoms with van der Waals surface area (Å²) in [5.74, 6) is -2.50. The third-order valence-corrected chi connectivity index (χ3v) is 7.06. The predicted octanol–water partition coefficient (Wildman–Crippen LogP) is 1.54. The number of carbonyl (C=O) groups is 2. The van der Waals surface area contributed by atoms with Crippen molar-refractivity contribution in [3.63, 3.8) is 0 Å². The lowest BCUT2D eigenvalue weighted by molar-refractivity contribution is -0.147. The molecule has 0 unspecified atom stereocenters. The van der Waals surface area contributed by atoms with E-state index in [-0.39, 0.29) is 10.8 Å². The second-order valence-corrected chi connectivity index (χ2v) is 8.80. The summed E-state index contributed by atoms with van der Waals surface area (Å²) in [6.07, 6.45) is 2.70. The number of aliphatic carboxylic acids is 1. The SMILES string of the molecule is O=C(O)[C@@H]1CCCC[C@H]1C(=O)Nc1ccc(S(=O)(=O)N2CCOCC2)cc1. The summed E-state index contributed by atoms with van der Waals surface area (Å²) >= 11 is 0. The molecule has 8 nitrogen and oxygen atoms in total. The molecule has 0 bridgehead atoms. The molecular formula is C18H24N2O6S. The van der Waals surface area contributed by atoms with E-state index < -0.39 is 27.8 Å². The first-order chi connectivity index (χ1) is 12.9. The van der Waals surface area contributed by atoms with Crippen molar-refractivity contribution in [1.29, 1.82) is 0 Å². The Balaban J connectivity index is 1.68. The molecule has 1 aromatic carbocycles. The zero-order valence-electron chi connectivity index (χ0n) is 15.0. The maximum atomic E-state index is 12.6. The minimum atomic E-state index is -3.58. The summed E-state index contributed by atoms with van der Waals surface area (Å²) in [6, 6.07) is 5.97. The molecule has 1 saturated carbocycles. The highest BCUT2D eigenvalue weighted by atomic mass is 32.2. The molecule has 2 N–H and O–H groups in total. The number of anilines is 1. The van der Waals surface area contributed by atoms with Gasteiger partial charge in [0.1, 0.15) is 0 Å². The second kappa shape index (κ2) is 8.37. The molecule has 3 rings (SSSR count). The number of nitrogens with zero attached hydrogens (tertiary/aromatic N) is 1. The first-order valence-electron chi connectivity index (χ1n) is 9.11. The average Bonchev–Trinajstić information content (AvgIpc) is 2.69. The number of amides is 1. The molecule has 2 fully saturated rings. The molecule has 1 aliphatic carbocycles. The molecule has 9 heteroatoms. The molecule has 0 aromatic heterocycles. The molecule has 1 saturated heterocycles. The Morgan fingerprint density at radius 1 is 1.04 bits per heavy atom. The highest BCUT2D eigenvalue weighted by Gasteiger charge is 2.35. The van der Waals surface area contributed by atoms with E-state index in [9.17, 15) is 23.1 Å². The van der Waals surface area contributed by atoms with Crippen molar-refractivity contribution < 1.29 is 27.9 Å². The highest BCUT2D eigenvalue weighted by molar-refractivity contribution is 7.89. The monoisotopic (exact) mass is 396 g/mol. The minimum absolute atomic E-state index is 0.156. The summed E-state index contributed by atoms with van der Waals surface area (Å²) in [5.41, 5.74) is 0.454. The lowest BCUT2D eigenvalue weighted by Gasteiger charge is -2.27. The maximum absolute atomic E-state index is 12.6. The number of hydrogen-bond donors (Lipinski definition) is 2. The minimum Gasteiger partial charge on any atom is -0.481 e. The fourth-order valence-electron chi connectivity index (χ4n) is 3.62. The number of morpholine rings is 1. The Hall–Kier alpha value is -1.97. The lowest BCUT2D eigenvalue weighted by atomic mass is 9.78. The van der Waals surface area contributed by atoms with E-state index in [0.29, 0.717) is 44.8 Å². The lowest BCUT2D eigenvalue weighted by Crippen LogP contribution is -2.40. The van der Waals surface area contributed by atoms with Crippen LogP contribution in [-0.4, -0.2) is 56.0 Å². The zero-order chi connectivity index (χ0) is 19.4. The van der Waals surface area contributed by atoms with Gasteiger partial charge in [0.15, 0.2) is 0 Å². The fraction of sp³-hybridized carbons (Fsp3) is 0.556.